The molecule has 2 amide bonds. The minimum atomic E-state index is -0.980. The van der Waals surface area contributed by atoms with Crippen molar-refractivity contribution in [2.75, 3.05) is 26.7 Å². The van der Waals surface area contributed by atoms with Crippen LogP contribution in [0.4, 0.5) is 4.79 Å². The third kappa shape index (κ3) is 6.60. The van der Waals surface area contributed by atoms with Gasteiger partial charge in [-0.3, -0.25) is 4.79 Å². The Labute approximate surface area is 103 Å². The molecule has 0 rings (SSSR count). The first-order valence-corrected chi connectivity index (χ1v) is 5.85. The zero-order valence-electron chi connectivity index (χ0n) is 10.7. The van der Waals surface area contributed by atoms with Crippen LogP contribution >= 0.6 is 0 Å². The molecule has 0 aromatic rings. The van der Waals surface area contributed by atoms with Gasteiger partial charge in [0.05, 0.1) is 0 Å². The van der Waals surface area contributed by atoms with Crippen molar-refractivity contribution in [3.05, 3.63) is 12.7 Å². The zero-order valence-corrected chi connectivity index (χ0v) is 10.7. The summed E-state index contributed by atoms with van der Waals surface area (Å²) in [5.41, 5.74) is 0. The fourth-order valence-corrected chi connectivity index (χ4v) is 1.49. The van der Waals surface area contributed by atoms with E-state index in [4.69, 9.17) is 5.11 Å². The highest BCUT2D eigenvalue weighted by Crippen LogP contribution is 2.01. The van der Waals surface area contributed by atoms with Crippen LogP contribution in [0.1, 0.15) is 26.2 Å². The predicted octanol–water partition coefficient (Wildman–Crippen LogP) is 1.80. The molecule has 5 heteroatoms. The molecule has 0 aliphatic rings. The molecule has 0 spiro atoms. The van der Waals surface area contributed by atoms with Crippen LogP contribution in [0.3, 0.4) is 0 Å². The fourth-order valence-electron chi connectivity index (χ4n) is 1.49. The molecular weight excluding hydrogens is 220 g/mol. The number of carboxylic acid groups (broad SMARTS) is 1. The van der Waals surface area contributed by atoms with Crippen molar-refractivity contribution in [3.8, 4) is 0 Å². The van der Waals surface area contributed by atoms with Gasteiger partial charge in [0.15, 0.2) is 0 Å². The third-order valence-corrected chi connectivity index (χ3v) is 2.32. The zero-order chi connectivity index (χ0) is 13.3. The minimum Gasteiger partial charge on any atom is -0.480 e. The SMILES string of the molecule is C=CCCCN(C)C(=O)N(CCC)CC(=O)O. The van der Waals surface area contributed by atoms with E-state index in [1.165, 1.54) is 4.90 Å². The van der Waals surface area contributed by atoms with Crippen molar-refractivity contribution in [1.29, 1.82) is 0 Å². The average molecular weight is 242 g/mol. The molecule has 0 heterocycles. The van der Waals surface area contributed by atoms with E-state index in [-0.39, 0.29) is 12.6 Å². The molecular formula is C12H22N2O3. The molecule has 98 valence electrons. The molecule has 1 N–H and O–H groups in total. The van der Waals surface area contributed by atoms with E-state index in [0.29, 0.717) is 13.1 Å². The summed E-state index contributed by atoms with van der Waals surface area (Å²) in [6, 6.07) is -0.224. The van der Waals surface area contributed by atoms with Crippen molar-refractivity contribution in [2.45, 2.75) is 26.2 Å². The normalized spacial score (nSPS) is 9.76. The molecule has 0 aliphatic carbocycles. The molecule has 0 fully saturated rings. The van der Waals surface area contributed by atoms with E-state index in [1.54, 1.807) is 18.0 Å². The first-order chi connectivity index (χ1) is 8.02. The van der Waals surface area contributed by atoms with E-state index in [2.05, 4.69) is 6.58 Å². The summed E-state index contributed by atoms with van der Waals surface area (Å²) < 4.78 is 0. The second kappa shape index (κ2) is 8.61. The molecule has 0 unspecified atom stereocenters. The van der Waals surface area contributed by atoms with Crippen molar-refractivity contribution >= 4 is 12.0 Å². The Hall–Kier alpha value is -1.52. The summed E-state index contributed by atoms with van der Waals surface area (Å²) in [7, 11) is 1.69. The minimum absolute atomic E-state index is 0.224. The van der Waals surface area contributed by atoms with Crippen molar-refractivity contribution < 1.29 is 14.7 Å². The molecule has 0 aliphatic heterocycles. The van der Waals surface area contributed by atoms with Gasteiger partial charge in [-0.25, -0.2) is 4.79 Å². The van der Waals surface area contributed by atoms with Crippen LogP contribution in [0.15, 0.2) is 12.7 Å². The number of aliphatic carboxylic acids is 1. The van der Waals surface area contributed by atoms with Crippen LogP contribution in [0, 0.1) is 0 Å². The number of rotatable bonds is 8. The van der Waals surface area contributed by atoms with Crippen LogP contribution in [0.5, 0.6) is 0 Å². The number of carbonyl (C=O) groups is 2. The summed E-state index contributed by atoms with van der Waals surface area (Å²) in [4.78, 5) is 25.5. The Kier molecular flexibility index (Phi) is 7.84. The topological polar surface area (TPSA) is 60.9 Å². The smallest absolute Gasteiger partial charge is 0.323 e. The van der Waals surface area contributed by atoms with Crippen molar-refractivity contribution in [3.63, 3.8) is 0 Å². The number of nitrogens with zero attached hydrogens (tertiary/aromatic N) is 2. The van der Waals surface area contributed by atoms with Crippen LogP contribution in [0.2, 0.25) is 0 Å². The van der Waals surface area contributed by atoms with E-state index in [0.717, 1.165) is 19.3 Å². The molecule has 0 radical (unpaired) electrons. The van der Waals surface area contributed by atoms with E-state index >= 15 is 0 Å². The first kappa shape index (κ1) is 15.5. The highest BCUT2D eigenvalue weighted by Gasteiger charge is 2.18. The Bertz CT molecular complexity index is 266. The van der Waals surface area contributed by atoms with Gasteiger partial charge >= 0.3 is 12.0 Å². The maximum Gasteiger partial charge on any atom is 0.323 e. The summed E-state index contributed by atoms with van der Waals surface area (Å²) in [5.74, 6) is -0.980. The van der Waals surface area contributed by atoms with Gasteiger partial charge in [-0.2, -0.15) is 0 Å². The lowest BCUT2D eigenvalue weighted by molar-refractivity contribution is -0.137. The van der Waals surface area contributed by atoms with Gasteiger partial charge in [0.2, 0.25) is 0 Å². The number of carboxylic acids is 1. The standard InChI is InChI=1S/C12H22N2O3/c1-4-6-7-9-13(3)12(17)14(8-5-2)10-11(15)16/h4H,1,5-10H2,2-3H3,(H,15,16). The lowest BCUT2D eigenvalue weighted by atomic mass is 10.3. The Balaban J connectivity index is 4.27. The van der Waals surface area contributed by atoms with Crippen molar-refractivity contribution in [2.24, 2.45) is 0 Å². The van der Waals surface area contributed by atoms with E-state index < -0.39 is 5.97 Å². The number of amides is 2. The Morgan fingerprint density at radius 3 is 2.47 bits per heavy atom. The summed E-state index contributed by atoms with van der Waals surface area (Å²) >= 11 is 0. The van der Waals surface area contributed by atoms with Gasteiger partial charge in [-0.1, -0.05) is 13.0 Å². The summed E-state index contributed by atoms with van der Waals surface area (Å²) in [6.07, 6.45) is 4.25. The number of unbranched alkanes of at least 4 members (excludes halogenated alkanes) is 1. The maximum absolute atomic E-state index is 11.9. The van der Waals surface area contributed by atoms with Crippen LogP contribution in [-0.2, 0) is 4.79 Å². The predicted molar refractivity (Wildman–Crippen MR) is 67.0 cm³/mol. The number of allylic oxidation sites excluding steroid dienone is 1. The van der Waals surface area contributed by atoms with Gasteiger partial charge in [0.1, 0.15) is 6.54 Å². The summed E-state index contributed by atoms with van der Waals surface area (Å²) in [5, 5.41) is 8.73. The quantitative estimate of drug-likeness (QED) is 0.521. The van der Waals surface area contributed by atoms with Gasteiger partial charge in [-0.15, -0.1) is 6.58 Å². The number of urea groups is 1. The fraction of sp³-hybridized carbons (Fsp3) is 0.667. The van der Waals surface area contributed by atoms with E-state index in [9.17, 15) is 9.59 Å². The molecule has 0 bridgehead atoms. The second-order valence-electron chi connectivity index (χ2n) is 3.95. The van der Waals surface area contributed by atoms with Gasteiger partial charge < -0.3 is 14.9 Å². The molecule has 0 aromatic heterocycles. The Morgan fingerprint density at radius 2 is 2.00 bits per heavy atom. The molecule has 5 nitrogen and oxygen atoms in total. The average Bonchev–Trinajstić information content (AvgIpc) is 2.27. The summed E-state index contributed by atoms with van der Waals surface area (Å²) in [6.45, 7) is 6.38. The molecule has 0 saturated carbocycles. The third-order valence-electron chi connectivity index (χ3n) is 2.32. The maximum atomic E-state index is 11.9. The van der Waals surface area contributed by atoms with E-state index in [1.807, 2.05) is 6.92 Å². The van der Waals surface area contributed by atoms with Crippen LogP contribution < -0.4 is 0 Å². The van der Waals surface area contributed by atoms with Crippen molar-refractivity contribution in [1.82, 2.24) is 9.80 Å². The van der Waals surface area contributed by atoms with Gasteiger partial charge in [0, 0.05) is 20.1 Å². The molecule has 0 aromatic carbocycles. The van der Waals surface area contributed by atoms with Gasteiger partial charge in [-0.05, 0) is 19.3 Å². The highest BCUT2D eigenvalue weighted by atomic mass is 16.4. The largest absolute Gasteiger partial charge is 0.480 e. The second-order valence-corrected chi connectivity index (χ2v) is 3.95. The highest BCUT2D eigenvalue weighted by molar-refractivity contribution is 5.80. The lowest BCUT2D eigenvalue weighted by Crippen LogP contribution is -2.44. The lowest BCUT2D eigenvalue weighted by Gasteiger charge is -2.26. The monoisotopic (exact) mass is 242 g/mol. The molecule has 0 saturated heterocycles. The van der Waals surface area contributed by atoms with Crippen LogP contribution in [0.25, 0.3) is 0 Å². The van der Waals surface area contributed by atoms with Crippen LogP contribution in [-0.4, -0.2) is 53.6 Å². The number of hydrogen-bond acceptors (Lipinski definition) is 2. The number of hydrogen-bond donors (Lipinski definition) is 1. The first-order valence-electron chi connectivity index (χ1n) is 5.85. The Morgan fingerprint density at radius 1 is 1.35 bits per heavy atom. The molecule has 0 atom stereocenters. The number of carbonyl (C=O) groups excluding carboxylic acids is 1. The van der Waals surface area contributed by atoms with Gasteiger partial charge in [0.25, 0.3) is 0 Å². The molecule has 17 heavy (non-hydrogen) atoms.